The number of anilines is 1. The van der Waals surface area contributed by atoms with E-state index in [4.69, 9.17) is 13.8 Å². The molecule has 0 bridgehead atoms. The van der Waals surface area contributed by atoms with Gasteiger partial charge in [0.2, 0.25) is 17.7 Å². The second-order valence-corrected chi connectivity index (χ2v) is 10.7. The lowest BCUT2D eigenvalue weighted by Gasteiger charge is -2.08. The summed E-state index contributed by atoms with van der Waals surface area (Å²) in [6.45, 7) is 0.811. The average molecular weight is 589 g/mol. The van der Waals surface area contributed by atoms with Gasteiger partial charge >= 0.3 is 12.0 Å². The van der Waals surface area contributed by atoms with Crippen LogP contribution in [0, 0.1) is 0 Å². The van der Waals surface area contributed by atoms with Gasteiger partial charge in [0.1, 0.15) is 12.1 Å². The number of hydrogen-bond acceptors (Lipinski definition) is 9. The average Bonchev–Trinajstić information content (AvgIpc) is 3.48. The van der Waals surface area contributed by atoms with Crippen molar-refractivity contribution >= 4 is 38.9 Å². The van der Waals surface area contributed by atoms with Crippen LogP contribution in [0.25, 0.3) is 22.6 Å². The standard InChI is InChI=1S/C26H29N5O9S/c32-22-8-9-23(33)31(22)40-24(34)5-2-1-3-12-27-26(35)28-19-6-7-20-21(17-19)39-25(29-20)18-10-14-30(15-11-18)13-4-16-41(36,37)38/h6-11,14-15,17H,1-5,12-13,16H2,(H4,27,28,29,32,33,35,36,37,38)/p+1. The van der Waals surface area contributed by atoms with Crippen LogP contribution in [0.4, 0.5) is 10.5 Å². The van der Waals surface area contributed by atoms with Crippen molar-refractivity contribution in [2.45, 2.75) is 38.6 Å². The zero-order valence-electron chi connectivity index (χ0n) is 21.9. The molecule has 4 rings (SSSR count). The molecule has 15 heteroatoms. The van der Waals surface area contributed by atoms with Crippen LogP contribution in [0.5, 0.6) is 11.8 Å². The van der Waals surface area contributed by atoms with E-state index in [2.05, 4.69) is 15.6 Å². The van der Waals surface area contributed by atoms with Crippen molar-refractivity contribution < 1.29 is 46.6 Å². The molecular weight excluding hydrogens is 558 g/mol. The van der Waals surface area contributed by atoms with E-state index in [9.17, 15) is 28.2 Å². The maximum atomic E-state index is 12.3. The van der Waals surface area contributed by atoms with Crippen LogP contribution >= 0.6 is 0 Å². The van der Waals surface area contributed by atoms with Crippen molar-refractivity contribution in [3.05, 3.63) is 54.9 Å². The Morgan fingerprint density at radius 3 is 2.44 bits per heavy atom. The number of nitrogens with one attached hydrogen (secondary N) is 2. The third-order valence-corrected chi connectivity index (χ3v) is 6.74. The Morgan fingerprint density at radius 2 is 1.73 bits per heavy atom. The first-order valence-electron chi connectivity index (χ1n) is 12.8. The Morgan fingerprint density at radius 1 is 1.00 bits per heavy atom. The van der Waals surface area contributed by atoms with Crippen molar-refractivity contribution in [1.82, 2.24) is 15.0 Å². The minimum atomic E-state index is -3.99. The molecule has 0 fully saturated rings. The first-order valence-corrected chi connectivity index (χ1v) is 14.4. The number of carbonyl (C=O) groups is 2. The first-order chi connectivity index (χ1) is 19.6. The highest BCUT2D eigenvalue weighted by atomic mass is 32.2. The summed E-state index contributed by atoms with van der Waals surface area (Å²) in [7, 11) is -3.99. The molecule has 0 radical (unpaired) electrons. The molecule has 41 heavy (non-hydrogen) atoms. The number of benzene rings is 1. The van der Waals surface area contributed by atoms with Gasteiger partial charge in [0.25, 0.3) is 10.1 Å². The van der Waals surface area contributed by atoms with Crippen molar-refractivity contribution in [3.63, 3.8) is 0 Å². The van der Waals surface area contributed by atoms with E-state index in [1.807, 2.05) is 0 Å². The predicted octanol–water partition coefficient (Wildman–Crippen LogP) is 2.61. The fraction of sp³-hybridized carbons (Fsp3) is 0.308. The van der Waals surface area contributed by atoms with E-state index < -0.39 is 22.1 Å². The minimum Gasteiger partial charge on any atom is -0.492 e. The van der Waals surface area contributed by atoms with E-state index in [-0.39, 0.29) is 30.4 Å². The van der Waals surface area contributed by atoms with Crippen LogP contribution in [0.15, 0.2) is 59.3 Å². The molecule has 2 amide bonds. The second-order valence-electron chi connectivity index (χ2n) is 9.16. The molecule has 0 unspecified atom stereocenters. The lowest BCUT2D eigenvalue weighted by atomic mass is 10.2. The SMILES string of the molecule is O=C(NCCCCCC(=O)On1c(O)ccc1O)Nc1ccc2nc(-c3cc[n+](CCCS(=O)(=O)O)cc3)oc2c1. The molecule has 0 saturated heterocycles. The number of hydrogen-bond donors (Lipinski definition) is 5. The number of urea groups is 1. The Hall–Kier alpha value is -4.63. The minimum absolute atomic E-state index is 0.0858. The fourth-order valence-corrected chi connectivity index (χ4v) is 4.39. The molecule has 0 aliphatic heterocycles. The van der Waals surface area contributed by atoms with E-state index >= 15 is 0 Å². The number of rotatable bonds is 13. The molecule has 0 atom stereocenters. The number of aromatic hydroxyl groups is 2. The number of nitrogens with zero attached hydrogens (tertiary/aromatic N) is 3. The summed E-state index contributed by atoms with van der Waals surface area (Å²) in [5.41, 5.74) is 2.32. The van der Waals surface area contributed by atoms with Crippen LogP contribution in [0.2, 0.25) is 0 Å². The molecule has 14 nitrogen and oxygen atoms in total. The van der Waals surface area contributed by atoms with Crippen LogP contribution in [-0.2, 0) is 21.5 Å². The highest BCUT2D eigenvalue weighted by Gasteiger charge is 2.14. The highest BCUT2D eigenvalue weighted by molar-refractivity contribution is 7.85. The van der Waals surface area contributed by atoms with Crippen molar-refractivity contribution in [1.29, 1.82) is 0 Å². The van der Waals surface area contributed by atoms with E-state index in [1.54, 1.807) is 47.3 Å². The summed E-state index contributed by atoms with van der Waals surface area (Å²) < 4.78 is 38.8. The number of oxazole rings is 1. The lowest BCUT2D eigenvalue weighted by molar-refractivity contribution is -0.696. The summed E-state index contributed by atoms with van der Waals surface area (Å²) in [5, 5.41) is 24.4. The summed E-state index contributed by atoms with van der Waals surface area (Å²) in [4.78, 5) is 33.4. The number of fused-ring (bicyclic) bond motifs is 1. The van der Waals surface area contributed by atoms with Crippen LogP contribution in [0.3, 0.4) is 0 Å². The molecule has 5 N–H and O–H groups in total. The summed E-state index contributed by atoms with van der Waals surface area (Å²) >= 11 is 0. The largest absolute Gasteiger partial charge is 0.492 e. The van der Waals surface area contributed by atoms with Crippen molar-refractivity contribution in [2.75, 3.05) is 17.6 Å². The van der Waals surface area contributed by atoms with Gasteiger partial charge in [0.15, 0.2) is 18.0 Å². The highest BCUT2D eigenvalue weighted by Crippen LogP contribution is 2.26. The van der Waals surface area contributed by atoms with Gasteiger partial charge in [0, 0.05) is 61.0 Å². The normalized spacial score (nSPS) is 11.4. The van der Waals surface area contributed by atoms with Gasteiger partial charge in [-0.15, -0.1) is 4.73 Å². The molecule has 218 valence electrons. The number of carbonyl (C=O) groups excluding carboxylic acids is 2. The summed E-state index contributed by atoms with van der Waals surface area (Å²) in [6.07, 6.45) is 5.67. The van der Waals surface area contributed by atoms with Gasteiger partial charge in [-0.1, -0.05) is 6.42 Å². The maximum Gasteiger partial charge on any atom is 0.333 e. The second kappa shape index (κ2) is 13.1. The first kappa shape index (κ1) is 29.4. The number of amides is 2. The number of pyridine rings is 1. The zero-order valence-corrected chi connectivity index (χ0v) is 22.7. The Balaban J connectivity index is 1.19. The number of aryl methyl sites for hydroxylation is 1. The number of unbranched alkanes of at least 4 members (excludes halogenated alkanes) is 2. The van der Waals surface area contributed by atoms with Gasteiger partial charge in [-0.05, 0) is 25.0 Å². The van der Waals surface area contributed by atoms with Crippen LogP contribution < -0.4 is 20.0 Å². The summed E-state index contributed by atoms with van der Waals surface area (Å²) in [6, 6.07) is 10.7. The molecule has 0 saturated carbocycles. The molecule has 3 heterocycles. The Bertz CT molecular complexity index is 1590. The maximum absolute atomic E-state index is 12.3. The molecule has 0 spiro atoms. The van der Waals surface area contributed by atoms with E-state index in [0.717, 1.165) is 0 Å². The topological polar surface area (TPSA) is 197 Å². The van der Waals surface area contributed by atoms with Gasteiger partial charge in [-0.2, -0.15) is 8.42 Å². The summed E-state index contributed by atoms with van der Waals surface area (Å²) in [5.74, 6) is -1.29. The quantitative estimate of drug-likeness (QED) is 0.0879. The molecule has 1 aromatic carbocycles. The predicted molar refractivity (Wildman–Crippen MR) is 146 cm³/mol. The van der Waals surface area contributed by atoms with Gasteiger partial charge in [0.05, 0.1) is 5.75 Å². The third kappa shape index (κ3) is 8.68. The Labute approximate surface area is 234 Å². The number of aromatic nitrogens is 3. The molecule has 0 aliphatic carbocycles. The molecule has 0 aliphatic rings. The molecular formula is C26H30N5O9S+. The van der Waals surface area contributed by atoms with Crippen LogP contribution in [0.1, 0.15) is 32.1 Å². The van der Waals surface area contributed by atoms with Gasteiger partial charge in [-0.3, -0.25) is 4.55 Å². The molecule has 3 aromatic heterocycles. The van der Waals surface area contributed by atoms with Crippen molar-refractivity contribution in [2.24, 2.45) is 0 Å². The monoisotopic (exact) mass is 588 g/mol. The van der Waals surface area contributed by atoms with Crippen LogP contribution in [-0.4, -0.2) is 57.2 Å². The van der Waals surface area contributed by atoms with E-state index in [0.29, 0.717) is 65.3 Å². The molecule has 4 aromatic rings. The zero-order chi connectivity index (χ0) is 29.4. The lowest BCUT2D eigenvalue weighted by Crippen LogP contribution is -2.33. The fourth-order valence-electron chi connectivity index (χ4n) is 3.90. The third-order valence-electron chi connectivity index (χ3n) is 5.94. The van der Waals surface area contributed by atoms with Gasteiger partial charge in [-0.25, -0.2) is 19.1 Å². The smallest absolute Gasteiger partial charge is 0.333 e. The van der Waals surface area contributed by atoms with Gasteiger partial charge < -0.3 is 30.1 Å². The van der Waals surface area contributed by atoms with E-state index in [1.165, 1.54) is 12.1 Å². The Kier molecular flexibility index (Phi) is 9.41. The van der Waals surface area contributed by atoms with Crippen molar-refractivity contribution in [3.8, 4) is 23.2 Å².